The van der Waals surface area contributed by atoms with E-state index in [9.17, 15) is 9.59 Å². The van der Waals surface area contributed by atoms with Crippen LogP contribution in [0.15, 0.2) is 74.3 Å². The van der Waals surface area contributed by atoms with Crippen molar-refractivity contribution in [2.45, 2.75) is 26.7 Å². The molecule has 2 heterocycles. The Labute approximate surface area is 220 Å². The van der Waals surface area contributed by atoms with Crippen LogP contribution >= 0.6 is 0 Å². The van der Waals surface area contributed by atoms with Crippen molar-refractivity contribution in [3.05, 3.63) is 93.5 Å². The summed E-state index contributed by atoms with van der Waals surface area (Å²) in [6, 6.07) is 19.4. The number of fused-ring (bicyclic) bond motifs is 2. The minimum absolute atomic E-state index is 0.0654. The number of carbonyl (C=O) groups is 1. The van der Waals surface area contributed by atoms with Gasteiger partial charge in [0.05, 0.1) is 26.2 Å². The lowest BCUT2D eigenvalue weighted by Gasteiger charge is -2.11. The smallest absolute Gasteiger partial charge is 0.340 e. The highest BCUT2D eigenvalue weighted by Crippen LogP contribution is 2.37. The van der Waals surface area contributed by atoms with Crippen LogP contribution in [0, 0.1) is 13.8 Å². The van der Waals surface area contributed by atoms with E-state index in [4.69, 9.17) is 18.3 Å². The van der Waals surface area contributed by atoms with Crippen LogP contribution in [0.25, 0.3) is 33.1 Å². The molecule has 0 bridgehead atoms. The summed E-state index contributed by atoms with van der Waals surface area (Å²) in [5.41, 5.74) is 4.69. The molecule has 0 radical (unpaired) electrons. The molecular weight excluding hydrogens is 482 g/mol. The summed E-state index contributed by atoms with van der Waals surface area (Å²) in [4.78, 5) is 25.6. The Morgan fingerprint density at radius 1 is 0.868 bits per heavy atom. The van der Waals surface area contributed by atoms with Gasteiger partial charge in [-0.05, 0) is 55.2 Å². The molecule has 1 N–H and O–H groups in total. The molecule has 0 saturated heterocycles. The Morgan fingerprint density at radius 2 is 1.61 bits per heavy atom. The number of nitrogens with one attached hydrogen (secondary N) is 1. The first-order valence-corrected chi connectivity index (χ1v) is 12.4. The van der Waals surface area contributed by atoms with E-state index >= 15 is 0 Å². The van der Waals surface area contributed by atoms with Gasteiger partial charge in [0.2, 0.25) is 5.91 Å². The number of benzene rings is 3. The molecule has 0 saturated carbocycles. The Morgan fingerprint density at radius 3 is 2.34 bits per heavy atom. The monoisotopic (exact) mass is 511 g/mol. The van der Waals surface area contributed by atoms with Crippen LogP contribution in [-0.2, 0) is 17.6 Å². The standard InChI is InChI=1S/C31H29NO6/c1-18-22-15-24-27(37-19(2)30(24)21-8-6-5-7-9-21)17-26(22)38-31(34)23(18)16-29(33)32-13-12-20-10-11-25(35-3)28(14-20)36-4/h5-11,14-15,17H,12-13,16H2,1-4H3,(H,32,33). The molecule has 0 aliphatic rings. The van der Waals surface area contributed by atoms with Gasteiger partial charge in [-0.1, -0.05) is 36.4 Å². The van der Waals surface area contributed by atoms with Gasteiger partial charge in [0.1, 0.15) is 16.9 Å². The molecule has 0 aliphatic carbocycles. The van der Waals surface area contributed by atoms with Gasteiger partial charge in [0, 0.05) is 28.9 Å². The molecule has 3 aromatic carbocycles. The van der Waals surface area contributed by atoms with Crippen LogP contribution < -0.4 is 20.4 Å². The third-order valence-electron chi connectivity index (χ3n) is 6.86. The lowest BCUT2D eigenvalue weighted by atomic mass is 9.98. The lowest BCUT2D eigenvalue weighted by molar-refractivity contribution is -0.120. The van der Waals surface area contributed by atoms with Crippen LogP contribution in [0.2, 0.25) is 0 Å². The van der Waals surface area contributed by atoms with E-state index in [1.54, 1.807) is 20.3 Å². The second-order valence-corrected chi connectivity index (χ2v) is 9.20. The minimum atomic E-state index is -0.518. The van der Waals surface area contributed by atoms with E-state index < -0.39 is 5.63 Å². The Balaban J connectivity index is 1.38. The summed E-state index contributed by atoms with van der Waals surface area (Å²) in [5.74, 6) is 1.83. The first-order valence-electron chi connectivity index (χ1n) is 12.4. The number of hydrogen-bond donors (Lipinski definition) is 1. The van der Waals surface area contributed by atoms with Gasteiger partial charge >= 0.3 is 5.63 Å². The van der Waals surface area contributed by atoms with Gasteiger partial charge in [-0.25, -0.2) is 4.79 Å². The van der Waals surface area contributed by atoms with Crippen LogP contribution in [0.5, 0.6) is 11.5 Å². The zero-order valence-electron chi connectivity index (χ0n) is 21.8. The zero-order valence-corrected chi connectivity index (χ0v) is 21.8. The number of carbonyl (C=O) groups excluding carboxylic acids is 1. The van der Waals surface area contributed by atoms with Gasteiger partial charge in [-0.15, -0.1) is 0 Å². The van der Waals surface area contributed by atoms with E-state index in [0.717, 1.165) is 38.8 Å². The predicted octanol–water partition coefficient (Wildman–Crippen LogP) is 5.74. The fraction of sp³-hybridized carbons (Fsp3) is 0.226. The number of hydrogen-bond acceptors (Lipinski definition) is 6. The lowest BCUT2D eigenvalue weighted by Crippen LogP contribution is -2.29. The van der Waals surface area contributed by atoms with Crippen molar-refractivity contribution in [3.63, 3.8) is 0 Å². The summed E-state index contributed by atoms with van der Waals surface area (Å²) < 4.78 is 22.3. The molecule has 0 aliphatic heterocycles. The Bertz CT molecular complexity index is 1700. The first kappa shape index (κ1) is 25.1. The molecule has 0 atom stereocenters. The van der Waals surface area contributed by atoms with E-state index in [-0.39, 0.29) is 12.3 Å². The summed E-state index contributed by atoms with van der Waals surface area (Å²) in [5, 5.41) is 4.62. The first-order chi connectivity index (χ1) is 18.4. The summed E-state index contributed by atoms with van der Waals surface area (Å²) in [6.07, 6.45) is 0.543. The van der Waals surface area contributed by atoms with Crippen molar-refractivity contribution in [1.29, 1.82) is 0 Å². The van der Waals surface area contributed by atoms with Crippen molar-refractivity contribution in [3.8, 4) is 22.6 Å². The van der Waals surface area contributed by atoms with Crippen molar-refractivity contribution < 1.29 is 23.1 Å². The summed E-state index contributed by atoms with van der Waals surface area (Å²) in [7, 11) is 3.17. The predicted molar refractivity (Wildman–Crippen MR) is 147 cm³/mol. The van der Waals surface area contributed by atoms with Gasteiger partial charge in [-0.2, -0.15) is 0 Å². The van der Waals surface area contributed by atoms with E-state index in [1.807, 2.05) is 68.4 Å². The maximum absolute atomic E-state index is 12.8. The molecule has 7 nitrogen and oxygen atoms in total. The summed E-state index contributed by atoms with van der Waals surface area (Å²) in [6.45, 7) is 4.20. The molecule has 0 unspecified atom stereocenters. The van der Waals surface area contributed by atoms with Crippen molar-refractivity contribution >= 4 is 27.8 Å². The molecule has 0 fully saturated rings. The number of furan rings is 1. The third kappa shape index (κ3) is 4.75. The van der Waals surface area contributed by atoms with E-state index in [2.05, 4.69) is 5.32 Å². The highest BCUT2D eigenvalue weighted by molar-refractivity contribution is 6.03. The molecule has 1 amide bonds. The van der Waals surface area contributed by atoms with Crippen LogP contribution in [0.1, 0.15) is 22.5 Å². The van der Waals surface area contributed by atoms with Gasteiger partial charge in [0.15, 0.2) is 11.5 Å². The quantitative estimate of drug-likeness (QED) is 0.267. The highest BCUT2D eigenvalue weighted by atomic mass is 16.5. The topological polar surface area (TPSA) is 90.9 Å². The normalized spacial score (nSPS) is 11.2. The minimum Gasteiger partial charge on any atom is -0.493 e. The van der Waals surface area contributed by atoms with Crippen molar-refractivity contribution in [2.24, 2.45) is 0 Å². The number of aryl methyl sites for hydroxylation is 2. The maximum Gasteiger partial charge on any atom is 0.340 e. The molecule has 5 aromatic rings. The molecule has 2 aromatic heterocycles. The second-order valence-electron chi connectivity index (χ2n) is 9.20. The molecule has 7 heteroatoms. The van der Waals surface area contributed by atoms with Crippen LogP contribution in [0.3, 0.4) is 0 Å². The van der Waals surface area contributed by atoms with Crippen molar-refractivity contribution in [1.82, 2.24) is 5.32 Å². The fourth-order valence-corrected chi connectivity index (χ4v) is 4.87. The average molecular weight is 512 g/mol. The molecule has 38 heavy (non-hydrogen) atoms. The molecule has 0 spiro atoms. The Kier molecular flexibility index (Phi) is 6.92. The Hall–Kier alpha value is -4.52. The van der Waals surface area contributed by atoms with Gasteiger partial charge in [0.25, 0.3) is 0 Å². The number of ether oxygens (including phenoxy) is 2. The molecule has 194 valence electrons. The molecule has 5 rings (SSSR count). The summed E-state index contributed by atoms with van der Waals surface area (Å²) >= 11 is 0. The third-order valence-corrected chi connectivity index (χ3v) is 6.86. The highest BCUT2D eigenvalue weighted by Gasteiger charge is 2.19. The molecular formula is C31H29NO6. The average Bonchev–Trinajstić information content (AvgIpc) is 3.24. The SMILES string of the molecule is COc1ccc(CCNC(=O)Cc2c(C)c3cc4c(-c5ccccc5)c(C)oc4cc3oc2=O)cc1OC. The fourth-order valence-electron chi connectivity index (χ4n) is 4.87. The number of rotatable bonds is 8. The maximum atomic E-state index is 12.8. The van der Waals surface area contributed by atoms with Crippen LogP contribution in [0.4, 0.5) is 0 Å². The largest absolute Gasteiger partial charge is 0.493 e. The van der Waals surface area contributed by atoms with Crippen molar-refractivity contribution in [2.75, 3.05) is 20.8 Å². The van der Waals surface area contributed by atoms with Crippen LogP contribution in [-0.4, -0.2) is 26.7 Å². The van der Waals surface area contributed by atoms with Gasteiger partial charge < -0.3 is 23.6 Å². The zero-order chi connectivity index (χ0) is 26.8. The number of methoxy groups -OCH3 is 2. The second kappa shape index (κ2) is 10.5. The van der Waals surface area contributed by atoms with Gasteiger partial charge in [-0.3, -0.25) is 4.79 Å². The number of amides is 1. The van der Waals surface area contributed by atoms with E-state index in [1.165, 1.54) is 0 Å². The van der Waals surface area contributed by atoms with E-state index in [0.29, 0.717) is 41.2 Å².